The zero-order chi connectivity index (χ0) is 9.84. The molecule has 1 rings (SSSR count). The summed E-state index contributed by atoms with van der Waals surface area (Å²) in [5.74, 6) is 0.833. The Morgan fingerprint density at radius 1 is 1.00 bits per heavy atom. The van der Waals surface area contributed by atoms with Gasteiger partial charge in [0.1, 0.15) is 0 Å². The first-order valence-electron chi connectivity index (χ1n) is 4.86. The molecule has 13 heavy (non-hydrogen) atoms. The Hall–Kier alpha value is -0.820. The molecule has 0 aliphatic carbocycles. The maximum absolute atomic E-state index is 8.97. The highest BCUT2D eigenvalue weighted by atomic mass is 16.3. The van der Waals surface area contributed by atoms with Crippen LogP contribution in [0.4, 0.5) is 0 Å². The van der Waals surface area contributed by atoms with Crippen LogP contribution in [0, 0.1) is 0 Å². The number of aliphatic hydroxyl groups is 1. The van der Waals surface area contributed by atoms with Crippen molar-refractivity contribution in [3.8, 4) is 0 Å². The second-order valence-electron chi connectivity index (χ2n) is 3.90. The van der Waals surface area contributed by atoms with E-state index in [2.05, 4.69) is 38.1 Å². The van der Waals surface area contributed by atoms with Crippen LogP contribution in [0.15, 0.2) is 24.3 Å². The van der Waals surface area contributed by atoms with Crippen LogP contribution in [0.1, 0.15) is 43.7 Å². The van der Waals surface area contributed by atoms with E-state index < -0.39 is 0 Å². The van der Waals surface area contributed by atoms with Crippen molar-refractivity contribution in [2.45, 2.75) is 32.6 Å². The van der Waals surface area contributed by atoms with Crippen LogP contribution in [0.2, 0.25) is 0 Å². The van der Waals surface area contributed by atoms with Crippen molar-refractivity contribution in [1.82, 2.24) is 0 Å². The number of hydrogen-bond donors (Lipinski definition) is 1. The molecule has 0 heterocycles. The van der Waals surface area contributed by atoms with Crippen molar-refractivity contribution in [3.63, 3.8) is 0 Å². The molecule has 1 aromatic carbocycles. The minimum absolute atomic E-state index is 0.223. The molecule has 0 saturated heterocycles. The van der Waals surface area contributed by atoms with Crippen molar-refractivity contribution in [2.75, 3.05) is 6.61 Å². The van der Waals surface area contributed by atoms with Gasteiger partial charge in [0.2, 0.25) is 0 Å². The lowest BCUT2D eigenvalue weighted by atomic mass is 9.97. The molecule has 1 unspecified atom stereocenters. The fourth-order valence-corrected chi connectivity index (χ4v) is 1.31. The van der Waals surface area contributed by atoms with E-state index in [-0.39, 0.29) is 12.5 Å². The number of hydrogen-bond acceptors (Lipinski definition) is 1. The number of aliphatic hydroxyl groups excluding tert-OH is 1. The van der Waals surface area contributed by atoms with E-state index in [1.807, 2.05) is 6.92 Å². The summed E-state index contributed by atoms with van der Waals surface area (Å²) in [5.41, 5.74) is 2.57. The van der Waals surface area contributed by atoms with Crippen molar-refractivity contribution < 1.29 is 5.11 Å². The first-order chi connectivity index (χ1) is 6.15. The van der Waals surface area contributed by atoms with Crippen LogP contribution in [-0.2, 0) is 0 Å². The Balaban J connectivity index is 2.81. The average molecular weight is 178 g/mol. The summed E-state index contributed by atoms with van der Waals surface area (Å²) in [6.45, 7) is 6.63. The molecule has 0 fully saturated rings. The van der Waals surface area contributed by atoms with Gasteiger partial charge in [-0.25, -0.2) is 0 Å². The molecule has 0 saturated carbocycles. The second-order valence-corrected chi connectivity index (χ2v) is 3.90. The van der Waals surface area contributed by atoms with Crippen LogP contribution in [0.25, 0.3) is 0 Å². The predicted molar refractivity (Wildman–Crippen MR) is 56.0 cm³/mol. The van der Waals surface area contributed by atoms with Gasteiger partial charge in [0, 0.05) is 12.5 Å². The lowest BCUT2D eigenvalue weighted by molar-refractivity contribution is 0.273. The molecule has 0 radical (unpaired) electrons. The highest BCUT2D eigenvalue weighted by Gasteiger charge is 2.04. The summed E-state index contributed by atoms with van der Waals surface area (Å²) in [6, 6.07) is 8.50. The molecule has 72 valence electrons. The maximum atomic E-state index is 8.97. The van der Waals surface area contributed by atoms with Crippen molar-refractivity contribution in [1.29, 1.82) is 0 Å². The van der Waals surface area contributed by atoms with E-state index in [9.17, 15) is 0 Å². The van der Waals surface area contributed by atoms with Crippen molar-refractivity contribution in [2.24, 2.45) is 0 Å². The molecule has 0 amide bonds. The quantitative estimate of drug-likeness (QED) is 0.754. The van der Waals surface area contributed by atoms with Gasteiger partial charge in [-0.1, -0.05) is 45.0 Å². The standard InChI is InChI=1S/C12H18O/c1-9(2)11-4-6-12(7-5-11)10(3)8-13/h4-7,9-10,13H,8H2,1-3H3. The maximum Gasteiger partial charge on any atom is 0.0497 e. The zero-order valence-electron chi connectivity index (χ0n) is 8.62. The summed E-state index contributed by atoms with van der Waals surface area (Å²) in [7, 11) is 0. The fourth-order valence-electron chi connectivity index (χ4n) is 1.31. The molecule has 1 heteroatoms. The van der Waals surface area contributed by atoms with Gasteiger partial charge < -0.3 is 5.11 Å². The Morgan fingerprint density at radius 3 is 1.85 bits per heavy atom. The average Bonchev–Trinajstić information content (AvgIpc) is 2.17. The third kappa shape index (κ3) is 2.56. The van der Waals surface area contributed by atoms with Gasteiger partial charge in [-0.2, -0.15) is 0 Å². The van der Waals surface area contributed by atoms with Crippen LogP contribution < -0.4 is 0 Å². The Kier molecular flexibility index (Phi) is 3.49. The van der Waals surface area contributed by atoms with Crippen molar-refractivity contribution >= 4 is 0 Å². The topological polar surface area (TPSA) is 20.2 Å². The van der Waals surface area contributed by atoms with Crippen LogP contribution in [0.5, 0.6) is 0 Å². The highest BCUT2D eigenvalue weighted by molar-refractivity contribution is 5.26. The van der Waals surface area contributed by atoms with E-state index in [1.54, 1.807) is 0 Å². The third-order valence-electron chi connectivity index (χ3n) is 2.45. The smallest absolute Gasteiger partial charge is 0.0497 e. The lowest BCUT2D eigenvalue weighted by Crippen LogP contribution is -1.99. The Morgan fingerprint density at radius 2 is 1.46 bits per heavy atom. The third-order valence-corrected chi connectivity index (χ3v) is 2.45. The minimum Gasteiger partial charge on any atom is -0.396 e. The highest BCUT2D eigenvalue weighted by Crippen LogP contribution is 2.19. The lowest BCUT2D eigenvalue weighted by Gasteiger charge is -2.10. The molecule has 1 nitrogen and oxygen atoms in total. The summed E-state index contributed by atoms with van der Waals surface area (Å²) in [5, 5.41) is 8.97. The van der Waals surface area contributed by atoms with Gasteiger partial charge in [-0.05, 0) is 17.0 Å². The molecular formula is C12H18O. The van der Waals surface area contributed by atoms with Crippen molar-refractivity contribution in [3.05, 3.63) is 35.4 Å². The van der Waals surface area contributed by atoms with E-state index in [1.165, 1.54) is 11.1 Å². The summed E-state index contributed by atoms with van der Waals surface area (Å²) >= 11 is 0. The first-order valence-corrected chi connectivity index (χ1v) is 4.86. The Labute approximate surface area is 80.4 Å². The molecule has 0 aromatic heterocycles. The Bertz CT molecular complexity index is 248. The van der Waals surface area contributed by atoms with Crippen LogP contribution in [0.3, 0.4) is 0 Å². The van der Waals surface area contributed by atoms with E-state index in [4.69, 9.17) is 5.11 Å². The molecular weight excluding hydrogens is 160 g/mol. The number of rotatable bonds is 3. The van der Waals surface area contributed by atoms with Gasteiger partial charge in [0.15, 0.2) is 0 Å². The number of benzene rings is 1. The van der Waals surface area contributed by atoms with Crippen LogP contribution >= 0.6 is 0 Å². The van der Waals surface area contributed by atoms with E-state index in [0.717, 1.165) is 0 Å². The molecule has 1 N–H and O–H groups in total. The molecule has 0 bridgehead atoms. The summed E-state index contributed by atoms with van der Waals surface area (Å²) in [4.78, 5) is 0. The normalized spacial score (nSPS) is 13.3. The molecule has 0 aliphatic rings. The monoisotopic (exact) mass is 178 g/mol. The van der Waals surface area contributed by atoms with Gasteiger partial charge >= 0.3 is 0 Å². The summed E-state index contributed by atoms with van der Waals surface area (Å²) < 4.78 is 0. The van der Waals surface area contributed by atoms with Gasteiger partial charge in [0.25, 0.3) is 0 Å². The fraction of sp³-hybridized carbons (Fsp3) is 0.500. The minimum atomic E-state index is 0.223. The molecule has 0 spiro atoms. The predicted octanol–water partition coefficient (Wildman–Crippen LogP) is 2.91. The second kappa shape index (κ2) is 4.43. The molecule has 1 aromatic rings. The molecule has 1 atom stereocenters. The zero-order valence-corrected chi connectivity index (χ0v) is 8.62. The van der Waals surface area contributed by atoms with Crippen LogP contribution in [-0.4, -0.2) is 11.7 Å². The first kappa shape index (κ1) is 10.3. The SMILES string of the molecule is CC(C)c1ccc(C(C)CO)cc1. The van der Waals surface area contributed by atoms with Gasteiger partial charge in [-0.3, -0.25) is 0 Å². The molecule has 0 aliphatic heterocycles. The largest absolute Gasteiger partial charge is 0.396 e. The van der Waals surface area contributed by atoms with E-state index >= 15 is 0 Å². The van der Waals surface area contributed by atoms with Gasteiger partial charge in [0.05, 0.1) is 0 Å². The van der Waals surface area contributed by atoms with E-state index in [0.29, 0.717) is 5.92 Å². The van der Waals surface area contributed by atoms with Gasteiger partial charge in [-0.15, -0.1) is 0 Å². The summed E-state index contributed by atoms with van der Waals surface area (Å²) in [6.07, 6.45) is 0.